The number of rotatable bonds is 7. The molecule has 0 bridgehead atoms. The molecule has 0 aliphatic rings. The molecule has 0 radical (unpaired) electrons. The number of aryl methyl sites for hydroxylation is 2. The van der Waals surface area contributed by atoms with Gasteiger partial charge < -0.3 is 16.2 Å². The van der Waals surface area contributed by atoms with Crippen molar-refractivity contribution >= 4 is 0 Å². The van der Waals surface area contributed by atoms with Gasteiger partial charge in [-0.3, -0.25) is 0 Å². The van der Waals surface area contributed by atoms with Gasteiger partial charge in [0.15, 0.2) is 0 Å². The summed E-state index contributed by atoms with van der Waals surface area (Å²) in [5.74, 6) is 1.89. The van der Waals surface area contributed by atoms with Crippen molar-refractivity contribution < 1.29 is 4.74 Å². The number of nitrogens with two attached hydrogens (primary N) is 2. The molecule has 0 fully saturated rings. The predicted molar refractivity (Wildman–Crippen MR) is 81.6 cm³/mol. The van der Waals surface area contributed by atoms with Gasteiger partial charge in [-0.15, -0.1) is 0 Å². The Bertz CT molecular complexity index is 400. The Labute approximate surface area is 117 Å². The number of hydrogen-bond donors (Lipinski definition) is 2. The largest absolute Gasteiger partial charge is 0.494 e. The summed E-state index contributed by atoms with van der Waals surface area (Å²) in [6.45, 7) is 10.5. The van der Waals surface area contributed by atoms with Gasteiger partial charge in [-0.1, -0.05) is 13.0 Å². The zero-order chi connectivity index (χ0) is 14.4. The van der Waals surface area contributed by atoms with Crippen LogP contribution in [0.25, 0.3) is 0 Å². The molecule has 3 heteroatoms. The van der Waals surface area contributed by atoms with Crippen LogP contribution in [0.1, 0.15) is 30.5 Å². The molecule has 3 nitrogen and oxygen atoms in total. The lowest BCUT2D eigenvalue weighted by Crippen LogP contribution is -2.30. The first-order chi connectivity index (χ1) is 9.03. The smallest absolute Gasteiger partial charge is 0.122 e. The number of benzene rings is 1. The Balaban J connectivity index is 2.87. The van der Waals surface area contributed by atoms with Crippen molar-refractivity contribution in [1.29, 1.82) is 0 Å². The summed E-state index contributed by atoms with van der Waals surface area (Å²) < 4.78 is 5.63. The summed E-state index contributed by atoms with van der Waals surface area (Å²) >= 11 is 0. The first kappa shape index (κ1) is 16.0. The van der Waals surface area contributed by atoms with Crippen LogP contribution < -0.4 is 16.2 Å². The van der Waals surface area contributed by atoms with E-state index in [1.165, 1.54) is 16.7 Å². The Hall–Kier alpha value is -1.06. The Kier molecular flexibility index (Phi) is 6.32. The topological polar surface area (TPSA) is 61.3 Å². The molecule has 4 N–H and O–H groups in total. The van der Waals surface area contributed by atoms with E-state index in [-0.39, 0.29) is 0 Å². The Morgan fingerprint density at radius 3 is 2.26 bits per heavy atom. The third-order valence-electron chi connectivity index (χ3n) is 3.89. The highest BCUT2D eigenvalue weighted by atomic mass is 16.5. The van der Waals surface area contributed by atoms with E-state index in [1.807, 2.05) is 6.92 Å². The zero-order valence-electron chi connectivity index (χ0n) is 12.7. The monoisotopic (exact) mass is 264 g/mol. The SMILES string of the molecule is CCOc1cc(C)c(CC(C)C(CN)CN)cc1C. The second kappa shape index (κ2) is 7.51. The molecular weight excluding hydrogens is 236 g/mol. The van der Waals surface area contributed by atoms with Gasteiger partial charge in [0.1, 0.15) is 5.75 Å². The van der Waals surface area contributed by atoms with Crippen molar-refractivity contribution in [2.45, 2.75) is 34.1 Å². The number of hydrogen-bond acceptors (Lipinski definition) is 3. The van der Waals surface area contributed by atoms with Crippen molar-refractivity contribution in [3.63, 3.8) is 0 Å². The van der Waals surface area contributed by atoms with E-state index in [0.717, 1.165) is 12.2 Å². The summed E-state index contributed by atoms with van der Waals surface area (Å²) in [7, 11) is 0. The van der Waals surface area contributed by atoms with E-state index in [1.54, 1.807) is 0 Å². The second-order valence-electron chi connectivity index (χ2n) is 5.39. The summed E-state index contributed by atoms with van der Waals surface area (Å²) in [6.07, 6.45) is 1.03. The van der Waals surface area contributed by atoms with Crippen LogP contribution >= 0.6 is 0 Å². The van der Waals surface area contributed by atoms with E-state index in [0.29, 0.717) is 31.5 Å². The molecule has 0 aliphatic carbocycles. The van der Waals surface area contributed by atoms with Crippen molar-refractivity contribution in [2.24, 2.45) is 23.3 Å². The van der Waals surface area contributed by atoms with Gasteiger partial charge in [-0.25, -0.2) is 0 Å². The van der Waals surface area contributed by atoms with Crippen LogP contribution in [0.4, 0.5) is 0 Å². The molecule has 0 heterocycles. The average Bonchev–Trinajstić information content (AvgIpc) is 2.37. The molecule has 1 rings (SSSR count). The average molecular weight is 264 g/mol. The third-order valence-corrected chi connectivity index (χ3v) is 3.89. The highest BCUT2D eigenvalue weighted by Crippen LogP contribution is 2.26. The van der Waals surface area contributed by atoms with Gasteiger partial charge in [0.25, 0.3) is 0 Å². The van der Waals surface area contributed by atoms with Gasteiger partial charge >= 0.3 is 0 Å². The van der Waals surface area contributed by atoms with Gasteiger partial charge in [0.2, 0.25) is 0 Å². The quantitative estimate of drug-likeness (QED) is 0.795. The van der Waals surface area contributed by atoms with E-state index >= 15 is 0 Å². The molecule has 108 valence electrons. The molecular formula is C16H28N2O. The summed E-state index contributed by atoms with van der Waals surface area (Å²) in [5.41, 5.74) is 15.4. The van der Waals surface area contributed by atoms with E-state index in [2.05, 4.69) is 32.9 Å². The van der Waals surface area contributed by atoms with Crippen LogP contribution in [0.3, 0.4) is 0 Å². The molecule has 0 aliphatic heterocycles. The van der Waals surface area contributed by atoms with E-state index in [4.69, 9.17) is 16.2 Å². The van der Waals surface area contributed by atoms with Crippen molar-refractivity contribution in [3.05, 3.63) is 28.8 Å². The fraction of sp³-hybridized carbons (Fsp3) is 0.625. The van der Waals surface area contributed by atoms with Gasteiger partial charge in [0, 0.05) is 0 Å². The lowest BCUT2D eigenvalue weighted by molar-refractivity contribution is 0.337. The summed E-state index contributed by atoms with van der Waals surface area (Å²) in [6, 6.07) is 4.38. The molecule has 1 unspecified atom stereocenters. The molecule has 1 atom stereocenters. The summed E-state index contributed by atoms with van der Waals surface area (Å²) in [4.78, 5) is 0. The highest BCUT2D eigenvalue weighted by Gasteiger charge is 2.16. The Morgan fingerprint density at radius 1 is 1.11 bits per heavy atom. The maximum atomic E-state index is 5.77. The van der Waals surface area contributed by atoms with Crippen LogP contribution in [0.15, 0.2) is 12.1 Å². The minimum absolute atomic E-state index is 0.395. The fourth-order valence-corrected chi connectivity index (χ4v) is 2.45. The van der Waals surface area contributed by atoms with Gasteiger partial charge in [-0.05, 0) is 74.9 Å². The first-order valence-corrected chi connectivity index (χ1v) is 7.16. The fourth-order valence-electron chi connectivity index (χ4n) is 2.45. The van der Waals surface area contributed by atoms with Crippen LogP contribution in [0, 0.1) is 25.7 Å². The van der Waals surface area contributed by atoms with Crippen molar-refractivity contribution in [3.8, 4) is 5.75 Å². The van der Waals surface area contributed by atoms with E-state index in [9.17, 15) is 0 Å². The number of ether oxygens (including phenoxy) is 1. The second-order valence-corrected chi connectivity index (χ2v) is 5.39. The lowest BCUT2D eigenvalue weighted by Gasteiger charge is -2.22. The maximum Gasteiger partial charge on any atom is 0.122 e. The highest BCUT2D eigenvalue weighted by molar-refractivity contribution is 5.41. The van der Waals surface area contributed by atoms with Crippen LogP contribution in [-0.4, -0.2) is 19.7 Å². The van der Waals surface area contributed by atoms with Crippen LogP contribution in [0.5, 0.6) is 5.75 Å². The van der Waals surface area contributed by atoms with Gasteiger partial charge in [0.05, 0.1) is 6.61 Å². The lowest BCUT2D eigenvalue weighted by atomic mass is 9.86. The molecule has 0 aromatic heterocycles. The molecule has 1 aromatic rings. The minimum Gasteiger partial charge on any atom is -0.494 e. The van der Waals surface area contributed by atoms with Crippen LogP contribution in [0.2, 0.25) is 0 Å². The molecule has 0 spiro atoms. The molecule has 19 heavy (non-hydrogen) atoms. The van der Waals surface area contributed by atoms with E-state index < -0.39 is 0 Å². The molecule has 1 aromatic carbocycles. The molecule has 0 saturated heterocycles. The van der Waals surface area contributed by atoms with Crippen LogP contribution in [-0.2, 0) is 6.42 Å². The minimum atomic E-state index is 0.395. The normalized spacial score (nSPS) is 12.8. The third kappa shape index (κ3) is 4.22. The molecule has 0 saturated carbocycles. The predicted octanol–water partition coefficient (Wildman–Crippen LogP) is 2.41. The first-order valence-electron chi connectivity index (χ1n) is 7.16. The van der Waals surface area contributed by atoms with Gasteiger partial charge in [-0.2, -0.15) is 0 Å². The van der Waals surface area contributed by atoms with Crippen molar-refractivity contribution in [2.75, 3.05) is 19.7 Å². The summed E-state index contributed by atoms with van der Waals surface area (Å²) in [5, 5.41) is 0. The molecule has 0 amide bonds. The maximum absolute atomic E-state index is 5.77. The zero-order valence-corrected chi connectivity index (χ0v) is 12.7. The standard InChI is InChI=1S/C16H28N2O/c1-5-19-16-8-12(3)14(7-13(16)4)6-11(2)15(9-17)10-18/h7-8,11,15H,5-6,9-10,17-18H2,1-4H3. The Morgan fingerprint density at radius 2 is 1.74 bits per heavy atom. The van der Waals surface area contributed by atoms with Crippen molar-refractivity contribution in [1.82, 2.24) is 0 Å².